The predicted molar refractivity (Wildman–Crippen MR) is 91.1 cm³/mol. The van der Waals surface area contributed by atoms with E-state index in [1.54, 1.807) is 0 Å². The number of hydrogen-bond acceptors (Lipinski definition) is 3. The van der Waals surface area contributed by atoms with Crippen LogP contribution in [0.25, 0.3) is 0 Å². The zero-order chi connectivity index (χ0) is 16.1. The minimum atomic E-state index is -1.94. The van der Waals surface area contributed by atoms with Gasteiger partial charge in [0.25, 0.3) is 0 Å². The maximum atomic E-state index is 12.0. The first kappa shape index (κ1) is 18.4. The summed E-state index contributed by atoms with van der Waals surface area (Å²) in [7, 11) is -1.94. The Kier molecular flexibility index (Phi) is 6.86. The Morgan fingerprint density at radius 1 is 1.05 bits per heavy atom. The third-order valence-corrected chi connectivity index (χ3v) is 6.65. The van der Waals surface area contributed by atoms with E-state index in [9.17, 15) is 4.57 Å². The normalized spacial score (nSPS) is 34.9. The van der Waals surface area contributed by atoms with E-state index < -0.39 is 8.25 Å². The van der Waals surface area contributed by atoms with E-state index in [0.29, 0.717) is 12.0 Å². The lowest BCUT2D eigenvalue weighted by atomic mass is 9.69. The third-order valence-electron chi connectivity index (χ3n) is 5.83. The molecule has 22 heavy (non-hydrogen) atoms. The first-order chi connectivity index (χ1) is 10.5. The van der Waals surface area contributed by atoms with Gasteiger partial charge >= 0.3 is 8.25 Å². The second-order valence-corrected chi connectivity index (χ2v) is 9.02. The van der Waals surface area contributed by atoms with Crippen molar-refractivity contribution < 1.29 is 13.6 Å². The first-order valence-electron chi connectivity index (χ1n) is 9.24. The van der Waals surface area contributed by atoms with Gasteiger partial charge in [-0.1, -0.05) is 52.9 Å². The van der Waals surface area contributed by atoms with Gasteiger partial charge in [-0.3, -0.25) is 0 Å². The van der Waals surface area contributed by atoms with Gasteiger partial charge in [-0.2, -0.15) is 0 Å². The Labute approximate surface area is 137 Å². The van der Waals surface area contributed by atoms with Gasteiger partial charge in [-0.25, -0.2) is 0 Å². The predicted octanol–water partition coefficient (Wildman–Crippen LogP) is 6.40. The maximum Gasteiger partial charge on any atom is 0.697 e. The van der Waals surface area contributed by atoms with Crippen molar-refractivity contribution in [3.63, 3.8) is 0 Å². The molecule has 0 aliphatic heterocycles. The van der Waals surface area contributed by atoms with Gasteiger partial charge < -0.3 is 0 Å². The largest absolute Gasteiger partial charge is 0.697 e. The van der Waals surface area contributed by atoms with Crippen LogP contribution in [0, 0.1) is 10.8 Å². The Balaban J connectivity index is 1.61. The maximum absolute atomic E-state index is 12.0. The fraction of sp³-hybridized carbons (Fsp3) is 1.00. The Morgan fingerprint density at radius 3 is 2.55 bits per heavy atom. The molecule has 0 saturated heterocycles. The number of fused-ring (bicyclic) bond motifs is 2. The van der Waals surface area contributed by atoms with Gasteiger partial charge in [0.05, 0.1) is 0 Å². The van der Waals surface area contributed by atoms with Crippen molar-refractivity contribution in [2.24, 2.45) is 10.8 Å². The first-order valence-corrected chi connectivity index (χ1v) is 10.3. The molecule has 2 aliphatic carbocycles. The standard InChI is InChI=1S/C18H34O3P/c1-4-5-6-7-8-9-14-20-22(19)21-16-10-11-17(2)12-13-18(16,3)15-17/h16H,4-15H2,1-3H3/q+1. The van der Waals surface area contributed by atoms with Gasteiger partial charge in [0.1, 0.15) is 12.7 Å². The highest BCUT2D eigenvalue weighted by Crippen LogP contribution is 2.60. The van der Waals surface area contributed by atoms with E-state index in [2.05, 4.69) is 20.8 Å². The summed E-state index contributed by atoms with van der Waals surface area (Å²) in [5.74, 6) is 0. The highest BCUT2D eigenvalue weighted by atomic mass is 31.1. The molecule has 4 heteroatoms. The molecule has 2 bridgehead atoms. The third kappa shape index (κ3) is 5.01. The SMILES string of the molecule is CCCCCCCCO[P+](=O)OC1CCC2(C)CCC1(C)C2. The fourth-order valence-electron chi connectivity index (χ4n) is 4.39. The molecule has 4 unspecified atom stereocenters. The summed E-state index contributed by atoms with van der Waals surface area (Å²) in [6.07, 6.45) is 13.4. The lowest BCUT2D eigenvalue weighted by molar-refractivity contribution is 0.00669. The van der Waals surface area contributed by atoms with Crippen LogP contribution >= 0.6 is 8.25 Å². The van der Waals surface area contributed by atoms with E-state index in [-0.39, 0.29) is 11.5 Å². The zero-order valence-corrected chi connectivity index (χ0v) is 15.6. The smallest absolute Gasteiger partial charge is 0.119 e. The van der Waals surface area contributed by atoms with Crippen LogP contribution < -0.4 is 0 Å². The van der Waals surface area contributed by atoms with Crippen LogP contribution in [0.2, 0.25) is 0 Å². The molecule has 0 spiro atoms. The second kappa shape index (κ2) is 8.22. The molecule has 2 rings (SSSR count). The van der Waals surface area contributed by atoms with E-state index >= 15 is 0 Å². The molecule has 2 aliphatic rings. The van der Waals surface area contributed by atoms with Crippen molar-refractivity contribution in [1.82, 2.24) is 0 Å². The number of hydrogen-bond donors (Lipinski definition) is 0. The van der Waals surface area contributed by atoms with Gasteiger partial charge in [0.15, 0.2) is 0 Å². The summed E-state index contributed by atoms with van der Waals surface area (Å²) in [5.41, 5.74) is 0.709. The van der Waals surface area contributed by atoms with Gasteiger partial charge in [-0.05, 0) is 49.4 Å². The van der Waals surface area contributed by atoms with Crippen LogP contribution in [0.3, 0.4) is 0 Å². The molecule has 0 radical (unpaired) electrons. The van der Waals surface area contributed by atoms with Crippen molar-refractivity contribution in [3.05, 3.63) is 0 Å². The molecule has 2 saturated carbocycles. The zero-order valence-electron chi connectivity index (χ0n) is 14.7. The minimum absolute atomic E-state index is 0.122. The molecule has 3 nitrogen and oxygen atoms in total. The summed E-state index contributed by atoms with van der Waals surface area (Å²) in [4.78, 5) is 0. The molecular weight excluding hydrogens is 295 g/mol. The average molecular weight is 329 g/mol. The van der Waals surface area contributed by atoms with Gasteiger partial charge in [-0.15, -0.1) is 9.05 Å². The Hall–Kier alpha value is 0.0200. The summed E-state index contributed by atoms with van der Waals surface area (Å²) in [5, 5.41) is 0. The fourth-order valence-corrected chi connectivity index (χ4v) is 5.30. The van der Waals surface area contributed by atoms with E-state index in [0.717, 1.165) is 12.8 Å². The molecular formula is C18H34O3P+. The van der Waals surface area contributed by atoms with Crippen LogP contribution in [-0.2, 0) is 13.6 Å². The molecule has 2 fully saturated rings. The van der Waals surface area contributed by atoms with Gasteiger partial charge in [0, 0.05) is 4.57 Å². The summed E-state index contributed by atoms with van der Waals surface area (Å²) >= 11 is 0. The summed E-state index contributed by atoms with van der Waals surface area (Å²) in [6.45, 7) is 7.49. The minimum Gasteiger partial charge on any atom is -0.119 e. The monoisotopic (exact) mass is 329 g/mol. The van der Waals surface area contributed by atoms with E-state index in [1.165, 1.54) is 57.8 Å². The van der Waals surface area contributed by atoms with Crippen LogP contribution in [0.5, 0.6) is 0 Å². The van der Waals surface area contributed by atoms with Crippen molar-refractivity contribution in [3.8, 4) is 0 Å². The highest BCUT2D eigenvalue weighted by molar-refractivity contribution is 7.33. The quantitative estimate of drug-likeness (QED) is 0.344. The van der Waals surface area contributed by atoms with Gasteiger partial charge in [0.2, 0.25) is 0 Å². The van der Waals surface area contributed by atoms with E-state index in [1.807, 2.05) is 0 Å². The molecule has 0 N–H and O–H groups in total. The van der Waals surface area contributed by atoms with Crippen molar-refractivity contribution in [2.45, 2.75) is 97.5 Å². The van der Waals surface area contributed by atoms with Crippen LogP contribution in [0.4, 0.5) is 0 Å². The van der Waals surface area contributed by atoms with Crippen LogP contribution in [0.1, 0.15) is 91.4 Å². The molecule has 0 aromatic carbocycles. The van der Waals surface area contributed by atoms with E-state index in [4.69, 9.17) is 9.05 Å². The summed E-state index contributed by atoms with van der Waals surface area (Å²) in [6, 6.07) is 0. The van der Waals surface area contributed by atoms with Crippen LogP contribution in [-0.4, -0.2) is 12.7 Å². The van der Waals surface area contributed by atoms with Crippen molar-refractivity contribution >= 4 is 8.25 Å². The second-order valence-electron chi connectivity index (χ2n) is 8.10. The lowest BCUT2D eigenvalue weighted by Crippen LogP contribution is -2.37. The average Bonchev–Trinajstić information content (AvgIpc) is 2.73. The highest BCUT2D eigenvalue weighted by Gasteiger charge is 2.54. The molecule has 128 valence electrons. The lowest BCUT2D eigenvalue weighted by Gasteiger charge is -2.38. The summed E-state index contributed by atoms with van der Waals surface area (Å²) < 4.78 is 23.3. The molecule has 0 aromatic heterocycles. The molecule has 4 atom stereocenters. The topological polar surface area (TPSA) is 35.5 Å². The molecule has 0 amide bonds. The Bertz CT molecular complexity index is 373. The molecule has 0 aromatic rings. The van der Waals surface area contributed by atoms with Crippen LogP contribution in [0.15, 0.2) is 0 Å². The number of rotatable bonds is 10. The van der Waals surface area contributed by atoms with Crippen molar-refractivity contribution in [1.29, 1.82) is 0 Å². The Morgan fingerprint density at radius 2 is 1.77 bits per heavy atom. The van der Waals surface area contributed by atoms with Crippen molar-refractivity contribution in [2.75, 3.05) is 6.61 Å². The number of unbranched alkanes of at least 4 members (excludes halogenated alkanes) is 5. The molecule has 0 heterocycles.